The lowest BCUT2D eigenvalue weighted by atomic mass is 9.43. The summed E-state index contributed by atoms with van der Waals surface area (Å²) in [6, 6.07) is 9.42. The van der Waals surface area contributed by atoms with Crippen LogP contribution in [0.25, 0.3) is 6.08 Å². The van der Waals surface area contributed by atoms with Gasteiger partial charge in [-0.1, -0.05) is 55.8 Å². The van der Waals surface area contributed by atoms with Crippen LogP contribution in [0.5, 0.6) is 0 Å². The predicted molar refractivity (Wildman–Crippen MR) is 302 cm³/mol. The number of fused-ring (bicyclic) bond motifs is 5. The summed E-state index contributed by atoms with van der Waals surface area (Å²) in [4.78, 5) is 26.9. The first-order valence-electron chi connectivity index (χ1n) is 30.9. The van der Waals surface area contributed by atoms with Gasteiger partial charge in [-0.05, 0) is 96.6 Å². The molecule has 10 rings (SSSR count). The summed E-state index contributed by atoms with van der Waals surface area (Å²) in [5, 5.41) is 78.3. The summed E-state index contributed by atoms with van der Waals surface area (Å²) in [6.45, 7) is 12.1. The maximum Gasteiger partial charge on any atom is 0.331 e. The van der Waals surface area contributed by atoms with Crippen LogP contribution in [0.1, 0.15) is 125 Å². The van der Waals surface area contributed by atoms with Crippen molar-refractivity contribution in [2.45, 2.75) is 272 Å². The first kappa shape index (κ1) is 66.0. The Bertz CT molecular complexity index is 2510. The Morgan fingerprint density at radius 3 is 1.73 bits per heavy atom. The topological polar surface area (TPSA) is 305 Å². The molecule has 0 bridgehead atoms. The van der Waals surface area contributed by atoms with E-state index in [-0.39, 0.29) is 44.0 Å². The van der Waals surface area contributed by atoms with Crippen molar-refractivity contribution < 1.29 is 112 Å². The Labute approximate surface area is 503 Å². The number of esters is 1. The molecule has 0 radical (unpaired) electrons. The third-order valence-corrected chi connectivity index (χ3v) is 21.2. The van der Waals surface area contributed by atoms with Crippen molar-refractivity contribution in [2.24, 2.45) is 22.7 Å². The molecular weight excluding hydrogens is 1120 g/mol. The molecule has 0 spiro atoms. The maximum atomic E-state index is 13.6. The van der Waals surface area contributed by atoms with Crippen LogP contribution >= 0.6 is 0 Å². The predicted octanol–water partition coefficient (Wildman–Crippen LogP) is 3.29. The second kappa shape index (κ2) is 26.7. The highest BCUT2D eigenvalue weighted by atomic mass is 16.8. The number of ether oxygens (including phenoxy) is 14. The zero-order chi connectivity index (χ0) is 61.8. The Balaban J connectivity index is 0.712. The van der Waals surface area contributed by atoms with Crippen molar-refractivity contribution in [3.63, 3.8) is 0 Å². The van der Waals surface area contributed by atoms with Gasteiger partial charge in [0, 0.05) is 70.3 Å². The third-order valence-electron chi connectivity index (χ3n) is 21.2. The number of Topliss-reactive ketones (excluding diaryl/α,β-unsaturated/α-hetero) is 1. The molecule has 5 aliphatic heterocycles. The fourth-order valence-electron chi connectivity index (χ4n) is 16.4. The molecule has 3 saturated carbocycles. The Morgan fingerprint density at radius 1 is 0.651 bits per heavy atom. The second-order valence-corrected chi connectivity index (χ2v) is 26.1. The molecular formula is C63H94O23. The molecule has 0 unspecified atom stereocenters. The van der Waals surface area contributed by atoms with Gasteiger partial charge < -0.3 is 102 Å². The van der Waals surface area contributed by atoms with Crippen molar-refractivity contribution in [2.75, 3.05) is 27.9 Å². The number of rotatable bonds is 18. The lowest BCUT2D eigenvalue weighted by Crippen LogP contribution is -2.75. The van der Waals surface area contributed by atoms with Crippen LogP contribution < -0.4 is 0 Å². The molecule has 5 heterocycles. The van der Waals surface area contributed by atoms with Crippen LogP contribution in [-0.4, -0.2) is 228 Å². The Morgan fingerprint density at radius 2 is 1.19 bits per heavy atom. The average Bonchev–Trinajstić information content (AvgIpc) is 1.30. The van der Waals surface area contributed by atoms with Crippen molar-refractivity contribution in [3.05, 3.63) is 53.6 Å². The van der Waals surface area contributed by atoms with E-state index in [4.69, 9.17) is 66.3 Å². The number of hydrogen-bond acceptors (Lipinski definition) is 23. The maximum absolute atomic E-state index is 13.6. The number of methoxy groups -OCH3 is 3. The van der Waals surface area contributed by atoms with Gasteiger partial charge in [-0.2, -0.15) is 0 Å². The van der Waals surface area contributed by atoms with Gasteiger partial charge in [-0.25, -0.2) is 4.79 Å². The SMILES string of the molecule is CO[C@H]1C[C@H](O[C@H]2CC[C@@]3(C)C(=CC[C@]4(O)[C@@H]3C[C@@H](OC(=O)C=Cc3ccccc3)[C@]3(C)[C@H](C(C)=O)CC[C@@]34O)C2)O[C@H](C)[C@H]1O[C@H]1C[C@@H](OC)[C@H](O[C@H]2C[C@H](O)[C@H](O[C@H]3C[C@H](OC)[C@H](O[C@@H]4O[C@H](CO)[C@@H](O)[C@H](O)[C@H]4O)[C@@H](C)O3)[C@@H](C)O2)[C@@H](C)O1. The number of aliphatic hydroxyl groups is 7. The highest BCUT2D eigenvalue weighted by molar-refractivity contribution is 5.87. The average molecular weight is 1220 g/mol. The van der Waals surface area contributed by atoms with Crippen molar-refractivity contribution in [1.82, 2.24) is 0 Å². The number of carbonyl (C=O) groups excluding carboxylic acids is 2. The van der Waals surface area contributed by atoms with Crippen LogP contribution in [0, 0.1) is 22.7 Å². The van der Waals surface area contributed by atoms with E-state index in [9.17, 15) is 45.3 Å². The molecule has 29 atom stereocenters. The van der Waals surface area contributed by atoms with Crippen LogP contribution in [0.3, 0.4) is 0 Å². The summed E-state index contributed by atoms with van der Waals surface area (Å²) in [7, 11) is 4.71. The van der Waals surface area contributed by atoms with E-state index in [2.05, 4.69) is 13.0 Å². The highest BCUT2D eigenvalue weighted by Crippen LogP contribution is 2.70. The molecule has 7 N–H and O–H groups in total. The van der Waals surface area contributed by atoms with Crippen LogP contribution in [0.2, 0.25) is 0 Å². The number of ketones is 1. The lowest BCUT2D eigenvalue weighted by molar-refractivity contribution is -0.358. The van der Waals surface area contributed by atoms with Crippen molar-refractivity contribution in [3.8, 4) is 0 Å². The second-order valence-electron chi connectivity index (χ2n) is 26.1. The monoisotopic (exact) mass is 1220 g/mol. The number of benzene rings is 1. The zero-order valence-corrected chi connectivity index (χ0v) is 51.2. The van der Waals surface area contributed by atoms with E-state index in [1.54, 1.807) is 34.1 Å². The van der Waals surface area contributed by atoms with E-state index >= 15 is 0 Å². The van der Waals surface area contributed by atoms with E-state index in [1.165, 1.54) is 20.1 Å². The van der Waals surface area contributed by atoms with E-state index in [1.807, 2.05) is 51.1 Å². The molecule has 8 fully saturated rings. The molecule has 4 aliphatic carbocycles. The summed E-state index contributed by atoms with van der Waals surface area (Å²) < 4.78 is 87.6. The molecule has 23 nitrogen and oxygen atoms in total. The van der Waals surface area contributed by atoms with Gasteiger partial charge >= 0.3 is 5.97 Å². The standard InChI is InChI=1S/C63H94O23/c1-31(65)39-20-23-63(72)61(39,7)46(82-47(67)17-16-36-14-12-11-13-15-36)29-45-60(6)21-19-38(24-37(60)18-22-62(45,63)71)80-49-26-41(73-8)57(33(3)77-49)85-51-27-42(74-9)56(34(4)78-51)84-48-25-40(66)55(32(2)76-48)83-50-28-43(75-10)58(35(5)79-50)86-59-54(70)53(69)52(68)44(30-64)81-59/h11-18,32-35,38-46,48-59,64,66,68-72H,19-30H2,1-10H3/t32-,33-,34-,35-,38+,39+,40+,41+,42-,43+,44-,45-,46-,48+,49+,50+,51+,52-,53+,54-,55-,56-,57-,58-,59+,60+,61+,62+,63-/m1/s1. The van der Waals surface area contributed by atoms with Crippen molar-refractivity contribution >= 4 is 17.8 Å². The van der Waals surface area contributed by atoms with Gasteiger partial charge in [-0.15, -0.1) is 0 Å². The molecule has 5 saturated heterocycles. The largest absolute Gasteiger partial charge is 0.458 e. The zero-order valence-electron chi connectivity index (χ0n) is 51.2. The van der Waals surface area contributed by atoms with E-state index in [0.717, 1.165) is 11.1 Å². The van der Waals surface area contributed by atoms with Gasteiger partial charge in [0.05, 0.1) is 61.5 Å². The molecule has 1 aromatic rings. The smallest absolute Gasteiger partial charge is 0.331 e. The summed E-state index contributed by atoms with van der Waals surface area (Å²) in [6.07, 6.45) is -10.2. The van der Waals surface area contributed by atoms with Crippen LogP contribution in [-0.2, 0) is 75.9 Å². The third kappa shape index (κ3) is 12.5. The lowest BCUT2D eigenvalue weighted by Gasteiger charge is -2.66. The van der Waals surface area contributed by atoms with Gasteiger partial charge in [0.2, 0.25) is 0 Å². The minimum atomic E-state index is -1.71. The Kier molecular flexibility index (Phi) is 20.5. The normalized spacial score (nSPS) is 48.8. The fourth-order valence-corrected chi connectivity index (χ4v) is 16.4. The number of aliphatic hydroxyl groups excluding tert-OH is 5. The van der Waals surface area contributed by atoms with Gasteiger partial charge in [0.1, 0.15) is 71.9 Å². The molecule has 1 aromatic carbocycles. The first-order chi connectivity index (χ1) is 40.9. The van der Waals surface area contributed by atoms with Gasteiger partial charge in [0.15, 0.2) is 31.5 Å². The van der Waals surface area contributed by atoms with Crippen LogP contribution in [0.4, 0.5) is 0 Å². The molecule has 9 aliphatic rings. The Hall–Kier alpha value is -2.96. The summed E-state index contributed by atoms with van der Waals surface area (Å²) in [5.74, 6) is -1.76. The number of hydrogen-bond donors (Lipinski definition) is 7. The van der Waals surface area contributed by atoms with Crippen LogP contribution in [0.15, 0.2) is 48.1 Å². The van der Waals surface area contributed by atoms with Gasteiger partial charge in [-0.3, -0.25) is 4.79 Å². The molecule has 0 aromatic heterocycles. The van der Waals surface area contributed by atoms with Crippen molar-refractivity contribution in [1.29, 1.82) is 0 Å². The first-order valence-corrected chi connectivity index (χ1v) is 30.9. The summed E-state index contributed by atoms with van der Waals surface area (Å²) in [5.41, 5.74) is -3.13. The summed E-state index contributed by atoms with van der Waals surface area (Å²) >= 11 is 0. The van der Waals surface area contributed by atoms with Gasteiger partial charge in [0.25, 0.3) is 0 Å². The quantitative estimate of drug-likeness (QED) is 0.0630. The van der Waals surface area contributed by atoms with E-state index < -0.39 is 182 Å². The molecule has 0 amide bonds. The minimum absolute atomic E-state index is 0.0611. The molecule has 484 valence electrons. The minimum Gasteiger partial charge on any atom is -0.458 e. The highest BCUT2D eigenvalue weighted by Gasteiger charge is 2.77. The fraction of sp³-hybridized carbons (Fsp3) is 0.810. The molecule has 23 heteroatoms. The number of carbonyl (C=O) groups is 2. The van der Waals surface area contributed by atoms with E-state index in [0.29, 0.717) is 38.5 Å². The molecule has 86 heavy (non-hydrogen) atoms.